The third kappa shape index (κ3) is 3.75. The Labute approximate surface area is 127 Å². The predicted octanol–water partition coefficient (Wildman–Crippen LogP) is 2.94. The summed E-state index contributed by atoms with van der Waals surface area (Å²) in [5.41, 5.74) is 5.81. The number of carbonyl (C=O) groups excluding carboxylic acids is 1. The van der Waals surface area contributed by atoms with Crippen LogP contribution in [-0.2, 0) is 0 Å². The highest BCUT2D eigenvalue weighted by atomic mass is 32.1. The van der Waals surface area contributed by atoms with E-state index in [1.54, 1.807) is 0 Å². The number of aromatic nitrogens is 1. The molecule has 4 N–H and O–H groups in total. The number of amides is 1. The van der Waals surface area contributed by atoms with E-state index in [1.165, 1.54) is 11.3 Å². The summed E-state index contributed by atoms with van der Waals surface area (Å²) in [4.78, 5) is 16.8. The van der Waals surface area contributed by atoms with E-state index < -0.39 is 0 Å². The Morgan fingerprint density at radius 2 is 2.29 bits per heavy atom. The zero-order valence-electron chi connectivity index (χ0n) is 12.4. The summed E-state index contributed by atoms with van der Waals surface area (Å²) < 4.78 is 5.50. The van der Waals surface area contributed by atoms with Crippen molar-refractivity contribution in [3.05, 3.63) is 28.5 Å². The molecule has 0 aliphatic rings. The van der Waals surface area contributed by atoms with Crippen molar-refractivity contribution in [2.45, 2.75) is 33.2 Å². The molecule has 2 aromatic rings. The highest BCUT2D eigenvalue weighted by molar-refractivity contribution is 7.18. The zero-order chi connectivity index (χ0) is 15.4. The normalized spacial score (nSPS) is 12.1. The van der Waals surface area contributed by atoms with Gasteiger partial charge in [0.2, 0.25) is 0 Å². The van der Waals surface area contributed by atoms with Gasteiger partial charge in [0.1, 0.15) is 22.2 Å². The maximum atomic E-state index is 12.3. The van der Waals surface area contributed by atoms with Crippen LogP contribution in [0.1, 0.15) is 47.5 Å². The smallest absolute Gasteiger partial charge is 0.265 e. The van der Waals surface area contributed by atoms with E-state index in [0.29, 0.717) is 15.8 Å². The van der Waals surface area contributed by atoms with E-state index in [9.17, 15) is 4.79 Å². The Morgan fingerprint density at radius 3 is 2.90 bits per heavy atom. The number of furan rings is 1. The second kappa shape index (κ2) is 6.62. The number of nitrogens with one attached hydrogen (secondary N) is 2. The van der Waals surface area contributed by atoms with Gasteiger partial charge in [0.15, 0.2) is 5.13 Å². The number of nitrogens with two attached hydrogens (primary N) is 1. The SMILES string of the molecule is CCCNc1nc(N)c(C(=O)NC(C)c2ccc(C)o2)s1. The van der Waals surface area contributed by atoms with Crippen molar-refractivity contribution in [2.75, 3.05) is 17.6 Å². The minimum Gasteiger partial charge on any atom is -0.464 e. The van der Waals surface area contributed by atoms with E-state index in [4.69, 9.17) is 10.2 Å². The van der Waals surface area contributed by atoms with Crippen molar-refractivity contribution in [3.8, 4) is 0 Å². The lowest BCUT2D eigenvalue weighted by Gasteiger charge is -2.10. The summed E-state index contributed by atoms with van der Waals surface area (Å²) in [6.07, 6.45) is 0.982. The van der Waals surface area contributed by atoms with Crippen LogP contribution in [0, 0.1) is 6.92 Å². The molecule has 2 rings (SSSR count). The minimum atomic E-state index is -0.240. The summed E-state index contributed by atoms with van der Waals surface area (Å²) in [6.45, 7) is 6.59. The van der Waals surface area contributed by atoms with E-state index in [0.717, 1.165) is 18.7 Å². The van der Waals surface area contributed by atoms with E-state index >= 15 is 0 Å². The van der Waals surface area contributed by atoms with Crippen LogP contribution in [0.4, 0.5) is 10.9 Å². The van der Waals surface area contributed by atoms with Crippen LogP contribution in [0.25, 0.3) is 0 Å². The van der Waals surface area contributed by atoms with Gasteiger partial charge in [0, 0.05) is 6.54 Å². The zero-order valence-corrected chi connectivity index (χ0v) is 13.2. The van der Waals surface area contributed by atoms with Crippen LogP contribution in [0.15, 0.2) is 16.5 Å². The fourth-order valence-electron chi connectivity index (χ4n) is 1.82. The van der Waals surface area contributed by atoms with Gasteiger partial charge in [-0.15, -0.1) is 0 Å². The predicted molar refractivity (Wildman–Crippen MR) is 84.6 cm³/mol. The highest BCUT2D eigenvalue weighted by Crippen LogP contribution is 2.26. The Hall–Kier alpha value is -2.02. The third-order valence-corrected chi connectivity index (χ3v) is 3.95. The number of rotatable bonds is 6. The minimum absolute atomic E-state index is 0.222. The molecule has 0 aliphatic carbocycles. The molecule has 21 heavy (non-hydrogen) atoms. The first-order valence-corrected chi connectivity index (χ1v) is 7.70. The number of hydrogen-bond donors (Lipinski definition) is 3. The molecule has 2 aromatic heterocycles. The lowest BCUT2D eigenvalue weighted by molar-refractivity contribution is 0.0940. The van der Waals surface area contributed by atoms with E-state index in [1.807, 2.05) is 26.0 Å². The summed E-state index contributed by atoms with van der Waals surface area (Å²) in [5, 5.41) is 6.66. The maximum absolute atomic E-state index is 12.3. The summed E-state index contributed by atoms with van der Waals surface area (Å²) in [7, 11) is 0. The molecule has 1 atom stereocenters. The van der Waals surface area contributed by atoms with Crippen LogP contribution < -0.4 is 16.4 Å². The van der Waals surface area contributed by atoms with Gasteiger partial charge in [-0.1, -0.05) is 18.3 Å². The fraction of sp³-hybridized carbons (Fsp3) is 0.429. The van der Waals surface area contributed by atoms with Gasteiger partial charge in [-0.2, -0.15) is 0 Å². The van der Waals surface area contributed by atoms with Crippen LogP contribution >= 0.6 is 11.3 Å². The molecule has 0 fully saturated rings. The van der Waals surface area contributed by atoms with Gasteiger partial charge < -0.3 is 20.8 Å². The van der Waals surface area contributed by atoms with Crippen molar-refractivity contribution >= 4 is 28.2 Å². The number of carbonyl (C=O) groups is 1. The molecule has 0 saturated carbocycles. The second-order valence-corrected chi connectivity index (χ2v) is 5.80. The van der Waals surface area contributed by atoms with E-state index in [2.05, 4.69) is 22.5 Å². The average molecular weight is 308 g/mol. The second-order valence-electron chi connectivity index (χ2n) is 4.80. The van der Waals surface area contributed by atoms with Crippen LogP contribution in [0.2, 0.25) is 0 Å². The Balaban J connectivity index is 2.04. The van der Waals surface area contributed by atoms with Crippen molar-refractivity contribution in [3.63, 3.8) is 0 Å². The van der Waals surface area contributed by atoms with Gasteiger partial charge in [-0.25, -0.2) is 4.98 Å². The molecule has 0 saturated heterocycles. The van der Waals surface area contributed by atoms with Crippen molar-refractivity contribution in [1.82, 2.24) is 10.3 Å². The average Bonchev–Trinajstić information content (AvgIpc) is 3.02. The number of aryl methyl sites for hydroxylation is 1. The van der Waals surface area contributed by atoms with Crippen LogP contribution in [0.3, 0.4) is 0 Å². The first-order valence-electron chi connectivity index (χ1n) is 6.88. The van der Waals surface area contributed by atoms with Gasteiger partial charge in [-0.05, 0) is 32.4 Å². The van der Waals surface area contributed by atoms with Gasteiger partial charge in [0.05, 0.1) is 6.04 Å². The Bertz CT molecular complexity index is 620. The molecule has 6 nitrogen and oxygen atoms in total. The Morgan fingerprint density at radius 1 is 1.52 bits per heavy atom. The number of hydrogen-bond acceptors (Lipinski definition) is 6. The van der Waals surface area contributed by atoms with Crippen molar-refractivity contribution in [1.29, 1.82) is 0 Å². The fourth-order valence-corrected chi connectivity index (χ4v) is 2.64. The first-order chi connectivity index (χ1) is 10.0. The molecular formula is C14H20N4O2S. The molecule has 7 heteroatoms. The quantitative estimate of drug-likeness (QED) is 0.763. The molecule has 2 heterocycles. The van der Waals surface area contributed by atoms with Crippen LogP contribution in [0.5, 0.6) is 0 Å². The number of anilines is 2. The number of nitrogens with zero attached hydrogens (tertiary/aromatic N) is 1. The van der Waals surface area contributed by atoms with Crippen molar-refractivity contribution < 1.29 is 9.21 Å². The molecule has 1 amide bonds. The standard InChI is InChI=1S/C14H20N4O2S/c1-4-7-16-14-18-12(15)11(21-14)13(19)17-9(3)10-6-5-8(2)20-10/h5-6,9H,4,7,15H2,1-3H3,(H,16,18)(H,17,19). The lowest BCUT2D eigenvalue weighted by atomic mass is 10.2. The van der Waals surface area contributed by atoms with Gasteiger partial charge >= 0.3 is 0 Å². The molecule has 0 aromatic carbocycles. The molecule has 0 radical (unpaired) electrons. The number of nitrogen functional groups attached to an aromatic ring is 1. The number of thiazole rings is 1. The third-order valence-electron chi connectivity index (χ3n) is 2.92. The van der Waals surface area contributed by atoms with Gasteiger partial charge in [0.25, 0.3) is 5.91 Å². The molecule has 0 spiro atoms. The van der Waals surface area contributed by atoms with Crippen LogP contribution in [-0.4, -0.2) is 17.4 Å². The van der Waals surface area contributed by atoms with Crippen molar-refractivity contribution in [2.24, 2.45) is 0 Å². The summed E-state index contributed by atoms with van der Waals surface area (Å²) >= 11 is 1.26. The maximum Gasteiger partial charge on any atom is 0.265 e. The molecule has 1 unspecified atom stereocenters. The first kappa shape index (κ1) is 15.4. The monoisotopic (exact) mass is 308 g/mol. The lowest BCUT2D eigenvalue weighted by Crippen LogP contribution is -2.26. The highest BCUT2D eigenvalue weighted by Gasteiger charge is 2.19. The Kier molecular flexibility index (Phi) is 4.85. The molecular weight excluding hydrogens is 288 g/mol. The summed E-state index contributed by atoms with van der Waals surface area (Å²) in [5.74, 6) is 1.54. The topological polar surface area (TPSA) is 93.2 Å². The molecule has 114 valence electrons. The van der Waals surface area contributed by atoms with E-state index in [-0.39, 0.29) is 17.8 Å². The molecule has 0 bridgehead atoms. The summed E-state index contributed by atoms with van der Waals surface area (Å²) in [6, 6.07) is 3.50. The van der Waals surface area contributed by atoms with Gasteiger partial charge in [-0.3, -0.25) is 4.79 Å². The molecule has 0 aliphatic heterocycles. The largest absolute Gasteiger partial charge is 0.464 e.